The highest BCUT2D eigenvalue weighted by Crippen LogP contribution is 2.22. The molecular weight excluding hydrogens is 232 g/mol. The zero-order chi connectivity index (χ0) is 12.4. The molecule has 0 radical (unpaired) electrons. The van der Waals surface area contributed by atoms with Crippen LogP contribution >= 0.6 is 0 Å². The molecule has 1 fully saturated rings. The minimum Gasteiger partial charge on any atom is -0.324 e. The van der Waals surface area contributed by atoms with Crippen LogP contribution < -0.4 is 5.32 Å². The molecule has 1 aliphatic rings. The number of likely N-dealkylation sites (tertiary alicyclic amines) is 1. The lowest BCUT2D eigenvalue weighted by Gasteiger charge is -2.38. The predicted molar refractivity (Wildman–Crippen MR) is 55.7 cm³/mol. The van der Waals surface area contributed by atoms with Gasteiger partial charge in [0.2, 0.25) is 12.4 Å². The standard InChI is InChI=1S/C9H13F2N5O/c1-15-8(12-5-13-15)14-9(17)16-3-6(4-16)2-7(10)11/h5-7H,2-4H2,1H3,(H,12,13,14,17). The number of halogens is 2. The zero-order valence-corrected chi connectivity index (χ0v) is 9.31. The summed E-state index contributed by atoms with van der Waals surface area (Å²) in [5, 5.41) is 6.36. The fourth-order valence-electron chi connectivity index (χ4n) is 1.72. The van der Waals surface area contributed by atoms with Crippen LogP contribution in [0.3, 0.4) is 0 Å². The van der Waals surface area contributed by atoms with Crippen molar-refractivity contribution in [3.63, 3.8) is 0 Å². The number of urea groups is 1. The number of amides is 2. The molecule has 2 amide bonds. The van der Waals surface area contributed by atoms with E-state index in [-0.39, 0.29) is 18.4 Å². The normalized spacial score (nSPS) is 16.1. The Hall–Kier alpha value is -1.73. The Morgan fingerprint density at radius 1 is 1.65 bits per heavy atom. The van der Waals surface area contributed by atoms with E-state index in [0.29, 0.717) is 19.0 Å². The fraction of sp³-hybridized carbons (Fsp3) is 0.667. The number of alkyl halides is 2. The minimum absolute atomic E-state index is 0.0970. The number of hydrogen-bond donors (Lipinski definition) is 1. The number of nitrogens with one attached hydrogen (secondary N) is 1. The van der Waals surface area contributed by atoms with Gasteiger partial charge in [0.25, 0.3) is 0 Å². The van der Waals surface area contributed by atoms with Crippen molar-refractivity contribution in [3.05, 3.63) is 6.33 Å². The first kappa shape index (κ1) is 11.7. The van der Waals surface area contributed by atoms with Gasteiger partial charge in [-0.1, -0.05) is 0 Å². The second kappa shape index (κ2) is 4.64. The van der Waals surface area contributed by atoms with Gasteiger partial charge in [0, 0.05) is 26.6 Å². The van der Waals surface area contributed by atoms with Crippen LogP contribution in [0, 0.1) is 5.92 Å². The van der Waals surface area contributed by atoms with Crippen molar-refractivity contribution in [2.75, 3.05) is 18.4 Å². The third kappa shape index (κ3) is 2.69. The molecule has 0 atom stereocenters. The first-order valence-corrected chi connectivity index (χ1v) is 5.24. The smallest absolute Gasteiger partial charge is 0.324 e. The Balaban J connectivity index is 1.78. The van der Waals surface area contributed by atoms with Crippen molar-refractivity contribution in [3.8, 4) is 0 Å². The Labute approximate surface area is 96.6 Å². The molecule has 17 heavy (non-hydrogen) atoms. The summed E-state index contributed by atoms with van der Waals surface area (Å²) in [7, 11) is 1.65. The molecule has 0 saturated carbocycles. The van der Waals surface area contributed by atoms with Crippen LogP contribution in [-0.2, 0) is 7.05 Å². The lowest BCUT2D eigenvalue weighted by molar-refractivity contribution is 0.0572. The molecule has 1 aliphatic heterocycles. The summed E-state index contributed by atoms with van der Waals surface area (Å²) in [5.74, 6) is 0.243. The minimum atomic E-state index is -2.30. The highest BCUT2D eigenvalue weighted by atomic mass is 19.3. The molecule has 1 aromatic rings. The number of nitrogens with zero attached hydrogens (tertiary/aromatic N) is 4. The molecule has 1 N–H and O–H groups in total. The first-order chi connectivity index (χ1) is 8.06. The number of carbonyl (C=O) groups is 1. The summed E-state index contributed by atoms with van der Waals surface area (Å²) >= 11 is 0. The SMILES string of the molecule is Cn1ncnc1NC(=O)N1CC(CC(F)F)C1. The van der Waals surface area contributed by atoms with Crippen LogP contribution in [0.5, 0.6) is 0 Å². The summed E-state index contributed by atoms with van der Waals surface area (Å²) in [6.45, 7) is 0.738. The lowest BCUT2D eigenvalue weighted by atomic mass is 9.97. The molecular formula is C9H13F2N5O. The average molecular weight is 245 g/mol. The van der Waals surface area contributed by atoms with E-state index in [1.165, 1.54) is 15.9 Å². The highest BCUT2D eigenvalue weighted by molar-refractivity contribution is 5.88. The van der Waals surface area contributed by atoms with Gasteiger partial charge in [-0.25, -0.2) is 18.3 Å². The molecule has 94 valence electrons. The molecule has 0 aliphatic carbocycles. The molecule has 1 aromatic heterocycles. The summed E-state index contributed by atoms with van der Waals surface area (Å²) in [4.78, 5) is 16.9. The van der Waals surface area contributed by atoms with E-state index in [1.807, 2.05) is 0 Å². The molecule has 2 rings (SSSR count). The van der Waals surface area contributed by atoms with Crippen LogP contribution in [0.2, 0.25) is 0 Å². The number of aromatic nitrogens is 3. The summed E-state index contributed by atoms with van der Waals surface area (Å²) in [6, 6.07) is -0.327. The van der Waals surface area contributed by atoms with E-state index in [4.69, 9.17) is 0 Å². The Kier molecular flexibility index (Phi) is 3.21. The summed E-state index contributed by atoms with van der Waals surface area (Å²) < 4.78 is 25.5. The second-order valence-corrected chi connectivity index (χ2v) is 4.04. The number of anilines is 1. The summed E-state index contributed by atoms with van der Waals surface area (Å²) in [5.41, 5.74) is 0. The Morgan fingerprint density at radius 3 is 2.88 bits per heavy atom. The third-order valence-corrected chi connectivity index (χ3v) is 2.69. The molecule has 0 bridgehead atoms. The van der Waals surface area contributed by atoms with Crippen molar-refractivity contribution in [1.82, 2.24) is 19.7 Å². The van der Waals surface area contributed by atoms with Gasteiger partial charge in [0.05, 0.1) is 0 Å². The number of rotatable bonds is 3. The van der Waals surface area contributed by atoms with E-state index < -0.39 is 6.43 Å². The molecule has 0 unspecified atom stereocenters. The van der Waals surface area contributed by atoms with Gasteiger partial charge < -0.3 is 4.90 Å². The van der Waals surface area contributed by atoms with E-state index in [9.17, 15) is 13.6 Å². The van der Waals surface area contributed by atoms with Crippen molar-refractivity contribution >= 4 is 12.0 Å². The second-order valence-electron chi connectivity index (χ2n) is 4.04. The lowest BCUT2D eigenvalue weighted by Crippen LogP contribution is -2.52. The third-order valence-electron chi connectivity index (χ3n) is 2.69. The number of aryl methyl sites for hydroxylation is 1. The van der Waals surface area contributed by atoms with Gasteiger partial charge in [-0.3, -0.25) is 5.32 Å². The topological polar surface area (TPSA) is 63.1 Å². The fourth-order valence-corrected chi connectivity index (χ4v) is 1.72. The van der Waals surface area contributed by atoms with Crippen molar-refractivity contribution in [2.45, 2.75) is 12.8 Å². The molecule has 6 nitrogen and oxygen atoms in total. The average Bonchev–Trinajstić information content (AvgIpc) is 2.57. The van der Waals surface area contributed by atoms with E-state index in [1.54, 1.807) is 7.05 Å². The van der Waals surface area contributed by atoms with Crippen LogP contribution in [0.1, 0.15) is 6.42 Å². The zero-order valence-electron chi connectivity index (χ0n) is 9.31. The Bertz CT molecular complexity index is 402. The highest BCUT2D eigenvalue weighted by Gasteiger charge is 2.32. The van der Waals surface area contributed by atoms with Gasteiger partial charge in [0.15, 0.2) is 0 Å². The van der Waals surface area contributed by atoms with E-state index in [0.717, 1.165) is 0 Å². The van der Waals surface area contributed by atoms with Gasteiger partial charge >= 0.3 is 6.03 Å². The number of carbonyl (C=O) groups excluding carboxylic acids is 1. The maximum atomic E-state index is 12.1. The maximum Gasteiger partial charge on any atom is 0.324 e. The molecule has 0 spiro atoms. The quantitative estimate of drug-likeness (QED) is 0.861. The van der Waals surface area contributed by atoms with E-state index >= 15 is 0 Å². The van der Waals surface area contributed by atoms with Crippen LogP contribution in [0.25, 0.3) is 0 Å². The van der Waals surface area contributed by atoms with Crippen LogP contribution in [0.15, 0.2) is 6.33 Å². The monoisotopic (exact) mass is 245 g/mol. The predicted octanol–water partition coefficient (Wildman–Crippen LogP) is 0.934. The van der Waals surface area contributed by atoms with E-state index in [2.05, 4.69) is 15.4 Å². The van der Waals surface area contributed by atoms with Gasteiger partial charge in [-0.05, 0) is 5.92 Å². The van der Waals surface area contributed by atoms with Crippen molar-refractivity contribution in [1.29, 1.82) is 0 Å². The van der Waals surface area contributed by atoms with Crippen molar-refractivity contribution < 1.29 is 13.6 Å². The Morgan fingerprint density at radius 2 is 2.35 bits per heavy atom. The largest absolute Gasteiger partial charge is 0.324 e. The molecule has 8 heteroatoms. The molecule has 2 heterocycles. The van der Waals surface area contributed by atoms with Gasteiger partial charge in [-0.15, -0.1) is 0 Å². The maximum absolute atomic E-state index is 12.1. The van der Waals surface area contributed by atoms with Gasteiger partial charge in [0.1, 0.15) is 6.33 Å². The molecule has 0 aromatic carbocycles. The van der Waals surface area contributed by atoms with Crippen LogP contribution in [0.4, 0.5) is 19.5 Å². The summed E-state index contributed by atoms with van der Waals surface area (Å²) in [6.07, 6.45) is -1.12. The number of hydrogen-bond acceptors (Lipinski definition) is 3. The molecule has 1 saturated heterocycles. The van der Waals surface area contributed by atoms with Crippen molar-refractivity contribution in [2.24, 2.45) is 13.0 Å². The first-order valence-electron chi connectivity index (χ1n) is 5.24. The van der Waals surface area contributed by atoms with Crippen LogP contribution in [-0.4, -0.2) is 45.2 Å². The van der Waals surface area contributed by atoms with Gasteiger partial charge in [-0.2, -0.15) is 10.1 Å².